The quantitative estimate of drug-likeness (QED) is 0.0362. The van der Waals surface area contributed by atoms with E-state index < -0.39 is 24.2 Å². The molecular weight excluding hydrogens is 751 g/mol. The van der Waals surface area contributed by atoms with Gasteiger partial charge in [0.25, 0.3) is 0 Å². The fourth-order valence-electron chi connectivity index (χ4n) is 8.71. The summed E-state index contributed by atoms with van der Waals surface area (Å²) in [6.07, 6.45) is 65.3. The minimum atomic E-state index is -1.10. The second-order valence-electron chi connectivity index (χ2n) is 19.1. The molecule has 0 aliphatic carbocycles. The summed E-state index contributed by atoms with van der Waals surface area (Å²) in [7, 11) is 0. The van der Waals surface area contributed by atoms with Gasteiger partial charge in [0, 0.05) is 0 Å². The Labute approximate surface area is 382 Å². The van der Waals surface area contributed by atoms with Crippen LogP contribution in [0.3, 0.4) is 0 Å². The fraction of sp³-hybridized carbons (Fsp3) is 0.911. The second kappa shape index (κ2) is 51.5. The van der Waals surface area contributed by atoms with Crippen LogP contribution in [0.15, 0.2) is 24.3 Å². The van der Waals surface area contributed by atoms with E-state index in [2.05, 4.69) is 31.3 Å². The van der Waals surface area contributed by atoms with E-state index in [-0.39, 0.29) is 6.61 Å². The van der Waals surface area contributed by atoms with Gasteiger partial charge in [0.05, 0.1) is 18.8 Å². The normalized spacial score (nSPS) is 13.5. The first-order chi connectivity index (χ1) is 30.1. The number of carbonyl (C=O) groups is 1. The van der Waals surface area contributed by atoms with Gasteiger partial charge in [-0.25, -0.2) is 0 Å². The number of nitrogens with one attached hydrogen (secondary N) is 1. The molecule has 0 aliphatic rings. The Morgan fingerprint density at radius 2 is 0.656 bits per heavy atom. The molecule has 1 amide bonds. The molecule has 5 heteroatoms. The van der Waals surface area contributed by atoms with Gasteiger partial charge in [0.2, 0.25) is 5.91 Å². The first-order valence-electron chi connectivity index (χ1n) is 27.7. The van der Waals surface area contributed by atoms with Gasteiger partial charge < -0.3 is 20.6 Å². The molecule has 0 saturated heterocycles. The minimum absolute atomic E-state index is 0.361. The highest BCUT2D eigenvalue weighted by molar-refractivity contribution is 5.80. The van der Waals surface area contributed by atoms with E-state index >= 15 is 0 Å². The van der Waals surface area contributed by atoms with Gasteiger partial charge in [0.15, 0.2) is 0 Å². The zero-order valence-corrected chi connectivity index (χ0v) is 41.3. The number of carbonyl (C=O) groups excluding carboxylic acids is 1. The molecule has 0 fully saturated rings. The van der Waals surface area contributed by atoms with E-state index in [0.717, 1.165) is 32.1 Å². The van der Waals surface area contributed by atoms with Crippen molar-refractivity contribution in [3.63, 3.8) is 0 Å². The lowest BCUT2D eigenvalue weighted by Crippen LogP contribution is -2.48. The number of aliphatic hydroxyl groups excluding tert-OH is 3. The lowest BCUT2D eigenvalue weighted by atomic mass is 10.0. The molecule has 4 N–H and O–H groups in total. The zero-order valence-electron chi connectivity index (χ0n) is 41.3. The summed E-state index contributed by atoms with van der Waals surface area (Å²) < 4.78 is 0. The highest BCUT2D eigenvalue weighted by Crippen LogP contribution is 2.17. The molecule has 3 unspecified atom stereocenters. The Morgan fingerprint density at radius 1 is 0.393 bits per heavy atom. The maximum atomic E-state index is 12.5. The van der Waals surface area contributed by atoms with Crippen LogP contribution in [0, 0.1) is 0 Å². The summed E-state index contributed by atoms with van der Waals surface area (Å²) in [5, 5.41) is 33.4. The lowest BCUT2D eigenvalue weighted by molar-refractivity contribution is -0.131. The van der Waals surface area contributed by atoms with Crippen molar-refractivity contribution >= 4 is 5.91 Å². The molecule has 0 aromatic rings. The van der Waals surface area contributed by atoms with E-state index in [4.69, 9.17) is 0 Å². The maximum Gasteiger partial charge on any atom is 0.249 e. The van der Waals surface area contributed by atoms with Crippen LogP contribution < -0.4 is 5.32 Å². The van der Waals surface area contributed by atoms with E-state index in [0.29, 0.717) is 6.42 Å². The Balaban J connectivity index is 3.57. The minimum Gasteiger partial charge on any atom is -0.394 e. The van der Waals surface area contributed by atoms with E-state index in [9.17, 15) is 20.1 Å². The SMILES string of the molecule is CCCCCCCCCCCCCC/C=C\CCCCCCCCCCCCC(O)C(=O)NC(CO)C(O)/C=C/CCCCCCCCCCCCCCCCCCCCC. The van der Waals surface area contributed by atoms with Crippen molar-refractivity contribution in [1.29, 1.82) is 0 Å². The molecule has 0 rings (SSSR count). The molecule has 362 valence electrons. The summed E-state index contributed by atoms with van der Waals surface area (Å²) in [5.41, 5.74) is 0. The summed E-state index contributed by atoms with van der Waals surface area (Å²) in [4.78, 5) is 12.5. The van der Waals surface area contributed by atoms with Crippen molar-refractivity contribution in [2.24, 2.45) is 0 Å². The van der Waals surface area contributed by atoms with Crippen LogP contribution in [-0.4, -0.2) is 46.1 Å². The standard InChI is InChI=1S/C56H109NO4/c1-3-5-7-9-11-13-15-17-19-21-23-25-26-27-28-29-31-33-35-37-39-41-43-45-47-49-51-55(60)56(61)57-53(52-58)54(59)50-48-46-44-42-40-38-36-34-32-30-24-22-20-18-16-14-12-10-8-6-4-2/h27-28,48,50,53-55,58-60H,3-26,29-47,49,51-52H2,1-2H3,(H,57,61)/b28-27-,50-48+. The van der Waals surface area contributed by atoms with Gasteiger partial charge >= 0.3 is 0 Å². The van der Waals surface area contributed by atoms with E-state index in [1.807, 2.05) is 6.08 Å². The molecule has 61 heavy (non-hydrogen) atoms. The number of aliphatic hydroxyl groups is 3. The van der Waals surface area contributed by atoms with Gasteiger partial charge in [0.1, 0.15) is 6.10 Å². The van der Waals surface area contributed by atoms with Crippen molar-refractivity contribution in [3.8, 4) is 0 Å². The van der Waals surface area contributed by atoms with Gasteiger partial charge in [-0.1, -0.05) is 282 Å². The Hall–Kier alpha value is -1.17. The predicted molar refractivity (Wildman–Crippen MR) is 268 cm³/mol. The van der Waals surface area contributed by atoms with Crippen LogP contribution in [-0.2, 0) is 4.79 Å². The third kappa shape index (κ3) is 46.6. The predicted octanol–water partition coefficient (Wildman–Crippen LogP) is 16.9. The van der Waals surface area contributed by atoms with Crippen LogP contribution in [0.4, 0.5) is 0 Å². The molecule has 0 aliphatic heterocycles. The first kappa shape index (κ1) is 59.8. The first-order valence-corrected chi connectivity index (χ1v) is 27.7. The molecule has 3 atom stereocenters. The molecule has 0 bridgehead atoms. The number of hydrogen-bond donors (Lipinski definition) is 4. The van der Waals surface area contributed by atoms with Crippen LogP contribution in [0.5, 0.6) is 0 Å². The highest BCUT2D eigenvalue weighted by Gasteiger charge is 2.22. The summed E-state index contributed by atoms with van der Waals surface area (Å²) in [5.74, 6) is -0.500. The number of hydrogen-bond acceptors (Lipinski definition) is 4. The Kier molecular flexibility index (Phi) is 50.5. The van der Waals surface area contributed by atoms with Crippen molar-refractivity contribution < 1.29 is 20.1 Å². The zero-order chi connectivity index (χ0) is 44.4. The number of rotatable bonds is 51. The molecule has 5 nitrogen and oxygen atoms in total. The largest absolute Gasteiger partial charge is 0.394 e. The van der Waals surface area contributed by atoms with Gasteiger partial charge in [-0.2, -0.15) is 0 Å². The van der Waals surface area contributed by atoms with Crippen molar-refractivity contribution in [2.75, 3.05) is 6.61 Å². The average Bonchev–Trinajstić information content (AvgIpc) is 3.26. The maximum absolute atomic E-state index is 12.5. The Bertz CT molecular complexity index is 905. The van der Waals surface area contributed by atoms with Crippen LogP contribution in [0.25, 0.3) is 0 Å². The smallest absolute Gasteiger partial charge is 0.249 e. The number of allylic oxidation sites excluding steroid dienone is 3. The van der Waals surface area contributed by atoms with Crippen LogP contribution in [0.1, 0.15) is 303 Å². The highest BCUT2D eigenvalue weighted by atomic mass is 16.3. The van der Waals surface area contributed by atoms with Gasteiger partial charge in [-0.3, -0.25) is 4.79 Å². The van der Waals surface area contributed by atoms with E-state index in [1.54, 1.807) is 6.08 Å². The van der Waals surface area contributed by atoms with Crippen LogP contribution >= 0.6 is 0 Å². The molecule has 0 aromatic heterocycles. The third-order valence-electron chi connectivity index (χ3n) is 13.0. The molecule has 0 aromatic carbocycles. The van der Waals surface area contributed by atoms with Crippen LogP contribution in [0.2, 0.25) is 0 Å². The fourth-order valence-corrected chi connectivity index (χ4v) is 8.71. The van der Waals surface area contributed by atoms with Crippen molar-refractivity contribution in [3.05, 3.63) is 24.3 Å². The van der Waals surface area contributed by atoms with Gasteiger partial charge in [-0.05, 0) is 44.9 Å². The molecule has 0 heterocycles. The summed E-state index contributed by atoms with van der Waals surface area (Å²) >= 11 is 0. The topological polar surface area (TPSA) is 89.8 Å². The average molecular weight is 860 g/mol. The Morgan fingerprint density at radius 3 is 0.951 bits per heavy atom. The molecule has 0 saturated carbocycles. The number of unbranched alkanes of at least 4 members (excludes halogenated alkanes) is 41. The molecule has 0 radical (unpaired) electrons. The van der Waals surface area contributed by atoms with Crippen molar-refractivity contribution in [1.82, 2.24) is 5.32 Å². The number of amides is 1. The third-order valence-corrected chi connectivity index (χ3v) is 13.0. The van der Waals surface area contributed by atoms with E-state index in [1.165, 1.54) is 250 Å². The summed E-state index contributed by atoms with van der Waals surface area (Å²) in [6.45, 7) is 4.22. The van der Waals surface area contributed by atoms with Gasteiger partial charge in [-0.15, -0.1) is 0 Å². The summed E-state index contributed by atoms with van der Waals surface area (Å²) in [6, 6.07) is -0.797. The van der Waals surface area contributed by atoms with Crippen molar-refractivity contribution in [2.45, 2.75) is 321 Å². The molecular formula is C56H109NO4. The second-order valence-corrected chi connectivity index (χ2v) is 19.1. The monoisotopic (exact) mass is 860 g/mol. The molecule has 0 spiro atoms. The lowest BCUT2D eigenvalue weighted by Gasteiger charge is -2.21.